The van der Waals surface area contributed by atoms with Gasteiger partial charge in [0.05, 0.1) is 25.5 Å². The van der Waals surface area contributed by atoms with Gasteiger partial charge in [0.25, 0.3) is 0 Å². The Balaban J connectivity index is 2.33. The lowest BCUT2D eigenvalue weighted by Crippen LogP contribution is -2.16. The first-order valence-electron chi connectivity index (χ1n) is 6.67. The third-order valence-electron chi connectivity index (χ3n) is 2.54. The van der Waals surface area contributed by atoms with Crippen LogP contribution >= 0.6 is 0 Å². The second-order valence-electron chi connectivity index (χ2n) is 4.04. The molecule has 0 amide bonds. The largest absolute Gasteiger partial charge is 0.379 e. The van der Waals surface area contributed by atoms with Crippen molar-refractivity contribution in [3.8, 4) is 0 Å². The normalized spacial score (nSPS) is 10.8. The summed E-state index contributed by atoms with van der Waals surface area (Å²) in [6.45, 7) is 8.57. The van der Waals surface area contributed by atoms with E-state index in [1.807, 2.05) is 19.2 Å². The molecule has 0 aliphatic heterocycles. The summed E-state index contributed by atoms with van der Waals surface area (Å²) in [4.78, 5) is 4.37. The topological polar surface area (TPSA) is 43.4 Å². The predicted octanol–water partition coefficient (Wildman–Crippen LogP) is 2.13. The lowest BCUT2D eigenvalue weighted by atomic mass is 10.2. The van der Waals surface area contributed by atoms with Crippen molar-refractivity contribution in [1.29, 1.82) is 0 Å². The fourth-order valence-corrected chi connectivity index (χ4v) is 1.59. The summed E-state index contributed by atoms with van der Waals surface area (Å²) in [7, 11) is 0. The Labute approximate surface area is 110 Å². The first-order valence-corrected chi connectivity index (χ1v) is 6.67. The number of hydrogen-bond donors (Lipinski definition) is 1. The van der Waals surface area contributed by atoms with E-state index in [0.717, 1.165) is 31.8 Å². The highest BCUT2D eigenvalue weighted by atomic mass is 16.5. The van der Waals surface area contributed by atoms with Gasteiger partial charge in [-0.3, -0.25) is 4.98 Å². The van der Waals surface area contributed by atoms with Crippen LogP contribution in [0.5, 0.6) is 0 Å². The minimum absolute atomic E-state index is 0.553. The number of rotatable bonds is 10. The number of nitrogens with zero attached hydrogens (tertiary/aromatic N) is 1. The summed E-state index contributed by atoms with van der Waals surface area (Å²) < 4.78 is 10.8. The van der Waals surface area contributed by atoms with Crippen molar-refractivity contribution in [3.05, 3.63) is 29.6 Å². The minimum atomic E-state index is 0.553. The van der Waals surface area contributed by atoms with Gasteiger partial charge in [0, 0.05) is 19.3 Å². The molecule has 18 heavy (non-hydrogen) atoms. The summed E-state index contributed by atoms with van der Waals surface area (Å²) in [5.74, 6) is 0. The third-order valence-corrected chi connectivity index (χ3v) is 2.54. The summed E-state index contributed by atoms with van der Waals surface area (Å²) in [5, 5.41) is 3.38. The second-order valence-corrected chi connectivity index (χ2v) is 4.04. The van der Waals surface area contributed by atoms with Gasteiger partial charge in [0.2, 0.25) is 0 Å². The molecule has 0 fully saturated rings. The summed E-state index contributed by atoms with van der Waals surface area (Å²) >= 11 is 0. The Kier molecular flexibility index (Phi) is 8.38. The fraction of sp³-hybridized carbons (Fsp3) is 0.643. The number of ether oxygens (including phenoxy) is 2. The standard InChI is InChI=1S/C14H24N2O2/c1-3-7-15-11-13-6-5-8-16-14(13)12-18-10-9-17-4-2/h5-6,8,15H,3-4,7,9-12H2,1-2H3. The van der Waals surface area contributed by atoms with Crippen LogP contribution in [0.3, 0.4) is 0 Å². The molecule has 1 aromatic rings. The quantitative estimate of drug-likeness (QED) is 0.648. The van der Waals surface area contributed by atoms with Crippen molar-refractivity contribution >= 4 is 0 Å². The zero-order valence-electron chi connectivity index (χ0n) is 11.4. The van der Waals surface area contributed by atoms with E-state index in [1.165, 1.54) is 5.56 Å². The van der Waals surface area contributed by atoms with Gasteiger partial charge < -0.3 is 14.8 Å². The van der Waals surface area contributed by atoms with Crippen LogP contribution in [0.1, 0.15) is 31.5 Å². The Morgan fingerprint density at radius 3 is 2.83 bits per heavy atom. The number of nitrogens with one attached hydrogen (secondary N) is 1. The van der Waals surface area contributed by atoms with Crippen LogP contribution in [-0.2, 0) is 22.6 Å². The maximum atomic E-state index is 5.55. The summed E-state index contributed by atoms with van der Waals surface area (Å²) in [5.41, 5.74) is 2.22. The Bertz CT molecular complexity index is 318. The Morgan fingerprint density at radius 2 is 2.06 bits per heavy atom. The van der Waals surface area contributed by atoms with Crippen LogP contribution < -0.4 is 5.32 Å². The van der Waals surface area contributed by atoms with Crippen LogP contribution in [0, 0.1) is 0 Å². The molecule has 0 spiro atoms. The molecule has 0 unspecified atom stereocenters. The van der Waals surface area contributed by atoms with Crippen LogP contribution in [0.25, 0.3) is 0 Å². The number of pyridine rings is 1. The highest BCUT2D eigenvalue weighted by molar-refractivity contribution is 5.18. The van der Waals surface area contributed by atoms with Crippen LogP contribution in [0.15, 0.2) is 18.3 Å². The van der Waals surface area contributed by atoms with Gasteiger partial charge in [0.15, 0.2) is 0 Å². The molecule has 0 saturated heterocycles. The molecule has 0 aromatic carbocycles. The molecule has 1 aromatic heterocycles. The molecular weight excluding hydrogens is 228 g/mol. The Morgan fingerprint density at radius 1 is 1.22 bits per heavy atom. The minimum Gasteiger partial charge on any atom is -0.379 e. The molecule has 0 bridgehead atoms. The average molecular weight is 252 g/mol. The maximum Gasteiger partial charge on any atom is 0.0892 e. The molecule has 1 rings (SSSR count). The number of aromatic nitrogens is 1. The first kappa shape index (κ1) is 15.1. The second kappa shape index (κ2) is 10.00. The molecule has 0 atom stereocenters. The predicted molar refractivity (Wildman–Crippen MR) is 72.4 cm³/mol. The molecule has 0 aliphatic rings. The highest BCUT2D eigenvalue weighted by Gasteiger charge is 2.02. The Hall–Kier alpha value is -0.970. The van der Waals surface area contributed by atoms with Crippen LogP contribution in [0.2, 0.25) is 0 Å². The van der Waals surface area contributed by atoms with Crippen molar-refractivity contribution in [2.24, 2.45) is 0 Å². The van der Waals surface area contributed by atoms with Crippen molar-refractivity contribution in [2.75, 3.05) is 26.4 Å². The first-order chi connectivity index (χ1) is 8.88. The van der Waals surface area contributed by atoms with E-state index < -0.39 is 0 Å². The summed E-state index contributed by atoms with van der Waals surface area (Å²) in [6.07, 6.45) is 2.95. The molecule has 1 N–H and O–H groups in total. The van der Waals surface area contributed by atoms with Gasteiger partial charge in [-0.25, -0.2) is 0 Å². The smallest absolute Gasteiger partial charge is 0.0892 e. The van der Waals surface area contributed by atoms with E-state index in [4.69, 9.17) is 9.47 Å². The fourth-order valence-electron chi connectivity index (χ4n) is 1.59. The average Bonchev–Trinajstić information content (AvgIpc) is 2.40. The van der Waals surface area contributed by atoms with Crippen molar-refractivity contribution in [2.45, 2.75) is 33.4 Å². The van der Waals surface area contributed by atoms with Gasteiger partial charge in [-0.15, -0.1) is 0 Å². The van der Waals surface area contributed by atoms with E-state index in [9.17, 15) is 0 Å². The third kappa shape index (κ3) is 6.10. The van der Waals surface area contributed by atoms with Gasteiger partial charge in [-0.2, -0.15) is 0 Å². The van der Waals surface area contributed by atoms with E-state index in [-0.39, 0.29) is 0 Å². The van der Waals surface area contributed by atoms with Gasteiger partial charge in [-0.1, -0.05) is 13.0 Å². The zero-order chi connectivity index (χ0) is 13.1. The lowest BCUT2D eigenvalue weighted by molar-refractivity contribution is 0.0438. The molecule has 4 nitrogen and oxygen atoms in total. The van der Waals surface area contributed by atoms with Crippen molar-refractivity contribution < 1.29 is 9.47 Å². The molecule has 0 aliphatic carbocycles. The zero-order valence-corrected chi connectivity index (χ0v) is 11.4. The van der Waals surface area contributed by atoms with Gasteiger partial charge >= 0.3 is 0 Å². The SMILES string of the molecule is CCCNCc1cccnc1COCCOCC. The van der Waals surface area contributed by atoms with E-state index in [2.05, 4.69) is 23.3 Å². The van der Waals surface area contributed by atoms with Crippen LogP contribution in [-0.4, -0.2) is 31.3 Å². The van der Waals surface area contributed by atoms with Crippen molar-refractivity contribution in [1.82, 2.24) is 10.3 Å². The maximum absolute atomic E-state index is 5.55. The van der Waals surface area contributed by atoms with E-state index in [1.54, 1.807) is 0 Å². The van der Waals surface area contributed by atoms with Gasteiger partial charge in [0.1, 0.15) is 0 Å². The monoisotopic (exact) mass is 252 g/mol. The molecule has 1 heterocycles. The number of hydrogen-bond acceptors (Lipinski definition) is 4. The van der Waals surface area contributed by atoms with E-state index >= 15 is 0 Å². The molecule has 102 valence electrons. The molecular formula is C14H24N2O2. The lowest BCUT2D eigenvalue weighted by Gasteiger charge is -2.10. The van der Waals surface area contributed by atoms with Crippen LogP contribution in [0.4, 0.5) is 0 Å². The van der Waals surface area contributed by atoms with E-state index in [0.29, 0.717) is 19.8 Å². The van der Waals surface area contributed by atoms with Gasteiger partial charge in [-0.05, 0) is 31.5 Å². The van der Waals surface area contributed by atoms with Crippen molar-refractivity contribution in [3.63, 3.8) is 0 Å². The molecule has 4 heteroatoms. The summed E-state index contributed by atoms with van der Waals surface area (Å²) in [6, 6.07) is 4.06. The molecule has 0 radical (unpaired) electrons. The molecule has 0 saturated carbocycles. The highest BCUT2D eigenvalue weighted by Crippen LogP contribution is 2.06.